The van der Waals surface area contributed by atoms with E-state index in [9.17, 15) is 14.0 Å². The molecule has 1 aliphatic heterocycles. The van der Waals surface area contributed by atoms with E-state index in [2.05, 4.69) is 15.6 Å². The summed E-state index contributed by atoms with van der Waals surface area (Å²) in [6.07, 6.45) is 4.88. The maximum absolute atomic E-state index is 12.9. The average molecular weight is 354 g/mol. The number of likely N-dealkylation sites (tertiary alicyclic amines) is 1. The van der Waals surface area contributed by atoms with Gasteiger partial charge in [0.05, 0.1) is 11.9 Å². The minimum atomic E-state index is -0.344. The van der Waals surface area contributed by atoms with Crippen LogP contribution in [-0.2, 0) is 4.79 Å². The molecule has 2 heterocycles. The molecule has 1 saturated carbocycles. The molecule has 26 heavy (non-hydrogen) atoms. The molecule has 134 valence electrons. The van der Waals surface area contributed by atoms with Crippen LogP contribution in [-0.4, -0.2) is 34.9 Å². The summed E-state index contributed by atoms with van der Waals surface area (Å²) in [7, 11) is 0. The van der Waals surface area contributed by atoms with Crippen molar-refractivity contribution in [1.82, 2.24) is 9.88 Å². The SMILES string of the molecule is O=C(Nc1cccnc1)C1CC12CCN(C(=O)Nc1ccc(F)cc1)C2. The topological polar surface area (TPSA) is 74.3 Å². The van der Waals surface area contributed by atoms with Crippen molar-refractivity contribution >= 4 is 23.3 Å². The van der Waals surface area contributed by atoms with Crippen LogP contribution < -0.4 is 10.6 Å². The number of carbonyl (C=O) groups excluding carboxylic acids is 2. The Morgan fingerprint density at radius 1 is 1.15 bits per heavy atom. The highest BCUT2D eigenvalue weighted by atomic mass is 19.1. The predicted octanol–water partition coefficient (Wildman–Crippen LogP) is 3.10. The quantitative estimate of drug-likeness (QED) is 0.889. The second-order valence-corrected chi connectivity index (χ2v) is 6.96. The largest absolute Gasteiger partial charge is 0.324 e. The molecule has 2 unspecified atom stereocenters. The van der Waals surface area contributed by atoms with E-state index in [0.717, 1.165) is 12.8 Å². The van der Waals surface area contributed by atoms with Crippen LogP contribution in [0.15, 0.2) is 48.8 Å². The van der Waals surface area contributed by atoms with Gasteiger partial charge >= 0.3 is 6.03 Å². The molecule has 1 aromatic heterocycles. The lowest BCUT2D eigenvalue weighted by molar-refractivity contribution is -0.118. The fourth-order valence-electron chi connectivity index (χ4n) is 3.64. The number of carbonyl (C=O) groups is 2. The van der Waals surface area contributed by atoms with E-state index in [-0.39, 0.29) is 29.1 Å². The molecule has 3 amide bonds. The van der Waals surface area contributed by atoms with Gasteiger partial charge in [0.25, 0.3) is 0 Å². The van der Waals surface area contributed by atoms with Crippen molar-refractivity contribution < 1.29 is 14.0 Å². The Balaban J connectivity index is 1.33. The van der Waals surface area contributed by atoms with Gasteiger partial charge in [-0.1, -0.05) is 0 Å². The third-order valence-corrected chi connectivity index (χ3v) is 5.20. The predicted molar refractivity (Wildman–Crippen MR) is 95.0 cm³/mol. The lowest BCUT2D eigenvalue weighted by Gasteiger charge is -2.17. The van der Waals surface area contributed by atoms with E-state index >= 15 is 0 Å². The zero-order valence-electron chi connectivity index (χ0n) is 14.1. The van der Waals surface area contributed by atoms with Crippen LogP contribution in [0.4, 0.5) is 20.6 Å². The molecule has 2 aromatic rings. The molecule has 1 spiro atoms. The molecule has 1 aromatic carbocycles. The Labute approximate surface area is 150 Å². The van der Waals surface area contributed by atoms with Crippen LogP contribution in [0.25, 0.3) is 0 Å². The van der Waals surface area contributed by atoms with Gasteiger partial charge in [0.1, 0.15) is 5.82 Å². The van der Waals surface area contributed by atoms with E-state index in [1.165, 1.54) is 24.3 Å². The van der Waals surface area contributed by atoms with Crippen LogP contribution in [0.3, 0.4) is 0 Å². The van der Waals surface area contributed by atoms with Crippen LogP contribution in [0, 0.1) is 17.2 Å². The highest BCUT2D eigenvalue weighted by molar-refractivity contribution is 5.95. The van der Waals surface area contributed by atoms with Crippen LogP contribution in [0.5, 0.6) is 0 Å². The lowest BCUT2D eigenvalue weighted by Crippen LogP contribution is -2.33. The number of pyridine rings is 1. The standard InChI is InChI=1S/C19H19FN4O2/c20-13-3-5-14(6-4-13)23-18(26)24-9-7-19(12-24)10-16(19)17(25)22-15-2-1-8-21-11-15/h1-6,8,11,16H,7,9-10,12H2,(H,22,25)(H,23,26). The van der Waals surface area contributed by atoms with Crippen molar-refractivity contribution in [3.63, 3.8) is 0 Å². The first-order valence-corrected chi connectivity index (χ1v) is 8.58. The fourth-order valence-corrected chi connectivity index (χ4v) is 3.64. The molecular weight excluding hydrogens is 335 g/mol. The molecule has 2 N–H and O–H groups in total. The Hall–Kier alpha value is -2.96. The summed E-state index contributed by atoms with van der Waals surface area (Å²) in [5, 5.41) is 5.66. The summed E-state index contributed by atoms with van der Waals surface area (Å²) in [4.78, 5) is 30.5. The van der Waals surface area contributed by atoms with Gasteiger partial charge in [0.15, 0.2) is 0 Å². The first kappa shape index (κ1) is 16.5. The third-order valence-electron chi connectivity index (χ3n) is 5.20. The number of rotatable bonds is 3. The number of nitrogens with zero attached hydrogens (tertiary/aromatic N) is 2. The maximum atomic E-state index is 12.9. The van der Waals surface area contributed by atoms with Gasteiger partial charge in [-0.05, 0) is 49.2 Å². The second-order valence-electron chi connectivity index (χ2n) is 6.96. The van der Waals surface area contributed by atoms with Gasteiger partial charge in [0.2, 0.25) is 5.91 Å². The molecule has 0 radical (unpaired) electrons. The zero-order chi connectivity index (χ0) is 18.1. The molecule has 7 heteroatoms. The van der Waals surface area contributed by atoms with E-state index in [4.69, 9.17) is 0 Å². The summed E-state index contributed by atoms with van der Waals surface area (Å²) < 4.78 is 12.9. The monoisotopic (exact) mass is 354 g/mol. The maximum Gasteiger partial charge on any atom is 0.321 e. The van der Waals surface area contributed by atoms with E-state index in [1.807, 2.05) is 0 Å². The highest BCUT2D eigenvalue weighted by Crippen LogP contribution is 2.58. The Morgan fingerprint density at radius 3 is 2.69 bits per heavy atom. The van der Waals surface area contributed by atoms with Crippen LogP contribution >= 0.6 is 0 Å². The lowest BCUT2D eigenvalue weighted by atomic mass is 10.0. The average Bonchev–Trinajstić information content (AvgIpc) is 3.18. The van der Waals surface area contributed by atoms with Gasteiger partial charge in [-0.25, -0.2) is 9.18 Å². The minimum Gasteiger partial charge on any atom is -0.324 e. The number of benzene rings is 1. The molecule has 2 aliphatic rings. The van der Waals surface area contributed by atoms with Crippen LogP contribution in [0.1, 0.15) is 12.8 Å². The summed E-state index contributed by atoms with van der Waals surface area (Å²) in [6.45, 7) is 1.18. The number of hydrogen-bond donors (Lipinski definition) is 2. The highest BCUT2D eigenvalue weighted by Gasteiger charge is 2.61. The van der Waals surface area contributed by atoms with Crippen molar-refractivity contribution in [1.29, 1.82) is 0 Å². The minimum absolute atomic E-state index is 0.0150. The van der Waals surface area contributed by atoms with Crippen molar-refractivity contribution in [3.8, 4) is 0 Å². The van der Waals surface area contributed by atoms with Crippen LogP contribution in [0.2, 0.25) is 0 Å². The first-order chi connectivity index (χ1) is 12.6. The van der Waals surface area contributed by atoms with Crippen molar-refractivity contribution in [2.45, 2.75) is 12.8 Å². The number of halogens is 1. The molecule has 1 saturated heterocycles. The van der Waals surface area contributed by atoms with E-state index in [0.29, 0.717) is 24.5 Å². The summed E-state index contributed by atoms with van der Waals surface area (Å²) >= 11 is 0. The number of anilines is 2. The van der Waals surface area contributed by atoms with Crippen molar-refractivity contribution in [2.24, 2.45) is 11.3 Å². The van der Waals surface area contributed by atoms with Gasteiger partial charge < -0.3 is 15.5 Å². The molecule has 1 aliphatic carbocycles. The number of urea groups is 1. The Kier molecular flexibility index (Phi) is 4.06. The zero-order valence-corrected chi connectivity index (χ0v) is 14.1. The third kappa shape index (κ3) is 3.24. The van der Waals surface area contributed by atoms with Crippen molar-refractivity contribution in [2.75, 3.05) is 23.7 Å². The van der Waals surface area contributed by atoms with Gasteiger partial charge in [-0.15, -0.1) is 0 Å². The normalized spacial score (nSPS) is 23.7. The molecule has 0 bridgehead atoms. The number of amides is 3. The smallest absolute Gasteiger partial charge is 0.321 e. The number of nitrogens with one attached hydrogen (secondary N) is 2. The molecular formula is C19H19FN4O2. The van der Waals surface area contributed by atoms with Crippen molar-refractivity contribution in [3.05, 3.63) is 54.6 Å². The molecule has 2 fully saturated rings. The molecule has 2 atom stereocenters. The van der Waals surface area contributed by atoms with Gasteiger partial charge in [-0.3, -0.25) is 9.78 Å². The molecule has 4 rings (SSSR count). The summed E-state index contributed by atoms with van der Waals surface area (Å²) in [5.41, 5.74) is 1.12. The summed E-state index contributed by atoms with van der Waals surface area (Å²) in [6, 6.07) is 9.03. The molecule has 6 nitrogen and oxygen atoms in total. The second kappa shape index (κ2) is 6.40. The summed E-state index contributed by atoms with van der Waals surface area (Å²) in [5.74, 6) is -0.436. The van der Waals surface area contributed by atoms with E-state index in [1.54, 1.807) is 29.4 Å². The van der Waals surface area contributed by atoms with E-state index < -0.39 is 0 Å². The number of aromatic nitrogens is 1. The Bertz CT molecular complexity index is 827. The fraction of sp³-hybridized carbons (Fsp3) is 0.316. The Morgan fingerprint density at radius 2 is 1.96 bits per heavy atom. The van der Waals surface area contributed by atoms with Gasteiger partial charge in [-0.2, -0.15) is 0 Å². The van der Waals surface area contributed by atoms with Gasteiger partial charge in [0, 0.05) is 36.3 Å². The first-order valence-electron chi connectivity index (χ1n) is 8.58. The number of hydrogen-bond acceptors (Lipinski definition) is 3.